The van der Waals surface area contributed by atoms with Gasteiger partial charge in [0.2, 0.25) is 0 Å². The Kier molecular flexibility index (Phi) is 7.59. The van der Waals surface area contributed by atoms with Crippen LogP contribution in [0.3, 0.4) is 0 Å². The smallest absolute Gasteiger partial charge is 0.0754 e. The Morgan fingerprint density at radius 3 is 1.84 bits per heavy atom. The molecule has 0 amide bonds. The van der Waals surface area contributed by atoms with E-state index in [1.165, 1.54) is 143 Å². The van der Waals surface area contributed by atoms with E-state index in [4.69, 9.17) is 0 Å². The third kappa shape index (κ3) is 5.07. The Morgan fingerprint density at radius 1 is 0.388 bits per heavy atom. The van der Waals surface area contributed by atoms with E-state index in [1.54, 1.807) is 0 Å². The summed E-state index contributed by atoms with van der Waals surface area (Å²) in [5, 5.41) is 11.0. The predicted octanol–water partition coefficient (Wildman–Crippen LogP) is 16.3. The number of rotatable bonds is 4. The summed E-state index contributed by atoms with van der Waals surface area (Å²) in [6.07, 6.45) is 12.2. The normalized spacial score (nSPS) is 17.4. The maximum atomic E-state index is 2.67. The van der Waals surface area contributed by atoms with Crippen molar-refractivity contribution in [1.82, 2.24) is 0 Å². The van der Waals surface area contributed by atoms with E-state index < -0.39 is 8.07 Å². The Hall–Kier alpha value is -7.84. The second kappa shape index (κ2) is 13.6. The topological polar surface area (TPSA) is 0 Å². The van der Waals surface area contributed by atoms with Crippen molar-refractivity contribution in [1.29, 1.82) is 0 Å². The first-order valence-corrected chi connectivity index (χ1v) is 26.9. The molecule has 10 aromatic carbocycles. The third-order valence-electron chi connectivity index (χ3n) is 16.2. The van der Waals surface area contributed by atoms with Gasteiger partial charge in [-0.05, 0) is 155 Å². The van der Waals surface area contributed by atoms with Gasteiger partial charge < -0.3 is 0 Å². The largest absolute Gasteiger partial charge is 0.113 e. The lowest BCUT2D eigenvalue weighted by Crippen LogP contribution is -2.49. The molecule has 0 radical (unpaired) electrons. The summed E-state index contributed by atoms with van der Waals surface area (Å²) in [5.41, 5.74) is 24.1. The van der Waals surface area contributed by atoms with Crippen molar-refractivity contribution in [2.24, 2.45) is 5.92 Å². The second-order valence-corrected chi connectivity index (χ2v) is 24.1. The highest BCUT2D eigenvalue weighted by atomic mass is 28.3. The van der Waals surface area contributed by atoms with Gasteiger partial charge in [0.25, 0.3) is 0 Å². The summed E-state index contributed by atoms with van der Waals surface area (Å²) in [7, 11) is -2.07. The third-order valence-corrected chi connectivity index (χ3v) is 19.8. The Morgan fingerprint density at radius 2 is 1.01 bits per heavy atom. The van der Waals surface area contributed by atoms with Gasteiger partial charge in [-0.15, -0.1) is 0 Å². The van der Waals surface area contributed by atoms with E-state index in [2.05, 4.69) is 232 Å². The molecular weight excluding hydrogens is 821 g/mol. The molecule has 0 aromatic heterocycles. The molecule has 67 heavy (non-hydrogen) atoms. The van der Waals surface area contributed by atoms with Crippen LogP contribution in [0.5, 0.6) is 0 Å². The minimum atomic E-state index is -2.07. The zero-order valence-electron chi connectivity index (χ0n) is 37.4. The summed E-state index contributed by atoms with van der Waals surface area (Å²) in [4.78, 5) is 0. The minimum absolute atomic E-state index is 0.281. The van der Waals surface area contributed by atoms with E-state index >= 15 is 0 Å². The second-order valence-electron chi connectivity index (χ2n) is 19.8. The van der Waals surface area contributed by atoms with E-state index in [9.17, 15) is 0 Å². The van der Waals surface area contributed by atoms with Crippen LogP contribution in [0.4, 0.5) is 0 Å². The molecule has 15 rings (SSSR count). The monoisotopic (exact) mass is 864 g/mol. The average Bonchev–Trinajstić information content (AvgIpc) is 3.97. The molecule has 312 valence electrons. The van der Waals surface area contributed by atoms with Gasteiger partial charge in [-0.25, -0.2) is 0 Å². The molecule has 1 heterocycles. The summed E-state index contributed by atoms with van der Waals surface area (Å²) in [6, 6.07) is 71.8. The van der Waals surface area contributed by atoms with Crippen molar-refractivity contribution < 1.29 is 0 Å². The Bertz CT molecular complexity index is 3950. The fourth-order valence-electron chi connectivity index (χ4n) is 13.2. The molecule has 1 heteroatoms. The minimum Gasteiger partial charge on any atom is -0.0754 e. The van der Waals surface area contributed by atoms with Crippen LogP contribution in [0.1, 0.15) is 22.6 Å². The summed E-state index contributed by atoms with van der Waals surface area (Å²) >= 11 is 0. The zero-order valence-corrected chi connectivity index (χ0v) is 38.4. The lowest BCUT2D eigenvalue weighted by Gasteiger charge is -2.30. The van der Waals surface area contributed by atoms with Gasteiger partial charge in [-0.1, -0.05) is 219 Å². The van der Waals surface area contributed by atoms with Crippen LogP contribution in [0.25, 0.3) is 110 Å². The van der Waals surface area contributed by atoms with E-state index in [-0.39, 0.29) is 5.92 Å². The van der Waals surface area contributed by atoms with Crippen LogP contribution in [-0.2, 0) is 0 Å². The molecule has 0 saturated carbocycles. The number of hydrogen-bond acceptors (Lipinski definition) is 0. The number of fused-ring (bicyclic) bond motifs is 11. The molecule has 0 nitrogen and oxygen atoms in total. The van der Waals surface area contributed by atoms with Gasteiger partial charge in [-0.3, -0.25) is 0 Å². The van der Waals surface area contributed by atoms with Crippen LogP contribution in [0.15, 0.2) is 224 Å². The maximum absolute atomic E-state index is 2.67. The van der Waals surface area contributed by atoms with Crippen molar-refractivity contribution in [2.45, 2.75) is 19.0 Å². The summed E-state index contributed by atoms with van der Waals surface area (Å²) in [5.74, 6) is 0.605. The molecule has 0 bridgehead atoms. The first kappa shape index (κ1) is 37.4. The molecule has 4 aliphatic carbocycles. The van der Waals surface area contributed by atoms with E-state index in [0.717, 1.165) is 0 Å². The van der Waals surface area contributed by atoms with Crippen LogP contribution in [0.2, 0.25) is 13.1 Å². The molecule has 10 aromatic rings. The van der Waals surface area contributed by atoms with Crippen molar-refractivity contribution in [3.63, 3.8) is 0 Å². The lowest BCUT2D eigenvalue weighted by molar-refractivity contribution is 0.725. The van der Waals surface area contributed by atoms with Gasteiger partial charge in [0.15, 0.2) is 0 Å². The van der Waals surface area contributed by atoms with Gasteiger partial charge >= 0.3 is 0 Å². The maximum Gasteiger partial charge on any atom is 0.113 e. The standard InChI is InChI=1S/C66H44Si/c1-67(2)61-25-11-10-20-47(61)57-37-59-60(38-62(57)67)66(55-35-33-53-46-19-9-7-17-44(46)49-22-13-24-51(55)64(49)53)58-36-42(41-28-26-40(27-29-41)39-14-4-3-5-15-39)30-31-56(58)65(59)54-34-32-52-45-18-8-6-16-43(45)48-21-12-23-50(54)63(48)52/h3-38,53,64H,1-2H3. The highest BCUT2D eigenvalue weighted by Crippen LogP contribution is 2.58. The Balaban J connectivity index is 1.07. The number of allylic oxidation sites excluding steroid dienone is 8. The molecule has 0 spiro atoms. The molecule has 0 saturated heterocycles. The van der Waals surface area contributed by atoms with Crippen LogP contribution in [-0.4, -0.2) is 8.07 Å². The fourth-order valence-corrected chi connectivity index (χ4v) is 16.3. The summed E-state index contributed by atoms with van der Waals surface area (Å²) < 4.78 is 0. The number of benzene rings is 10. The van der Waals surface area contributed by atoms with Crippen LogP contribution < -0.4 is 10.4 Å². The lowest BCUT2D eigenvalue weighted by atomic mass is 9.73. The summed E-state index contributed by atoms with van der Waals surface area (Å²) in [6.45, 7) is 5.12. The zero-order chi connectivity index (χ0) is 44.1. The van der Waals surface area contributed by atoms with Gasteiger partial charge in [-0.2, -0.15) is 0 Å². The molecule has 2 unspecified atom stereocenters. The molecule has 2 atom stereocenters. The first-order valence-electron chi connectivity index (χ1n) is 23.9. The van der Waals surface area contributed by atoms with Gasteiger partial charge in [0.1, 0.15) is 8.07 Å². The highest BCUT2D eigenvalue weighted by Gasteiger charge is 2.42. The van der Waals surface area contributed by atoms with Crippen LogP contribution >= 0.6 is 0 Å². The number of hydrogen-bond donors (Lipinski definition) is 0. The Labute approximate surface area is 392 Å². The van der Waals surface area contributed by atoms with Crippen molar-refractivity contribution in [3.8, 4) is 66.8 Å². The highest BCUT2D eigenvalue weighted by molar-refractivity contribution is 7.04. The molecular formula is C66H44Si. The van der Waals surface area contributed by atoms with Gasteiger partial charge in [0, 0.05) is 11.8 Å². The van der Waals surface area contributed by atoms with Crippen molar-refractivity contribution in [2.75, 3.05) is 0 Å². The SMILES string of the molecule is C[Si]1(C)c2ccccc2-c2cc3c(-c4ccc5c6c(cccc46)-c4ccccc4-5)c4ccc(-c5ccc(-c6ccccc6)cc5)cc4c(C4=C5C=CC=C6c7ccccc7C(C=C4)C65)c3cc21. The average molecular weight is 865 g/mol. The van der Waals surface area contributed by atoms with Crippen LogP contribution in [0, 0.1) is 5.92 Å². The molecule has 1 aliphatic heterocycles. The quantitative estimate of drug-likeness (QED) is 0.122. The van der Waals surface area contributed by atoms with Crippen molar-refractivity contribution >= 4 is 61.9 Å². The van der Waals surface area contributed by atoms with E-state index in [0.29, 0.717) is 5.92 Å². The first-order chi connectivity index (χ1) is 33.0. The van der Waals surface area contributed by atoms with E-state index in [1.807, 2.05) is 0 Å². The molecule has 0 N–H and O–H groups in total. The van der Waals surface area contributed by atoms with Crippen molar-refractivity contribution in [3.05, 3.63) is 241 Å². The molecule has 0 fully saturated rings. The fraction of sp³-hybridized carbons (Fsp3) is 0.0606. The molecule has 5 aliphatic rings. The van der Waals surface area contributed by atoms with Gasteiger partial charge in [0.05, 0.1) is 0 Å². The predicted molar refractivity (Wildman–Crippen MR) is 288 cm³/mol.